The molecule has 0 radical (unpaired) electrons. The predicted molar refractivity (Wildman–Crippen MR) is 116 cm³/mol. The second kappa shape index (κ2) is 9.05. The molecule has 2 aliphatic heterocycles. The first-order chi connectivity index (χ1) is 15.7. The third-order valence-electron chi connectivity index (χ3n) is 6.08. The van der Waals surface area contributed by atoms with Crippen molar-refractivity contribution in [2.45, 2.75) is 25.8 Å². The number of methoxy groups -OCH3 is 1. The number of aromatic nitrogens is 4. The van der Waals surface area contributed by atoms with Crippen LogP contribution in [0.4, 0.5) is 0 Å². The first-order valence-electron chi connectivity index (χ1n) is 10.8. The Labute approximate surface area is 186 Å². The summed E-state index contributed by atoms with van der Waals surface area (Å²) >= 11 is 0. The highest BCUT2D eigenvalue weighted by atomic mass is 16.5. The van der Waals surface area contributed by atoms with Gasteiger partial charge in [-0.25, -0.2) is 4.68 Å². The van der Waals surface area contributed by atoms with Crippen LogP contribution >= 0.6 is 0 Å². The van der Waals surface area contributed by atoms with Gasteiger partial charge in [0.15, 0.2) is 0 Å². The highest BCUT2D eigenvalue weighted by molar-refractivity contribution is 5.92. The van der Waals surface area contributed by atoms with Crippen LogP contribution in [0.2, 0.25) is 0 Å². The number of hydrogen-bond acceptors (Lipinski definition) is 7. The Kier molecular flexibility index (Phi) is 5.83. The van der Waals surface area contributed by atoms with Gasteiger partial charge >= 0.3 is 0 Å². The number of hydrogen-bond donors (Lipinski definition) is 0. The smallest absolute Gasteiger partial charge is 0.272 e. The molecule has 0 spiro atoms. The summed E-state index contributed by atoms with van der Waals surface area (Å²) in [6, 6.07) is 13.4. The van der Waals surface area contributed by atoms with Crippen LogP contribution < -0.4 is 4.74 Å². The molecule has 0 unspecified atom stereocenters. The van der Waals surface area contributed by atoms with E-state index in [1.54, 1.807) is 19.4 Å². The lowest BCUT2D eigenvalue weighted by Crippen LogP contribution is -2.48. The van der Waals surface area contributed by atoms with Gasteiger partial charge in [-0.3, -0.25) is 14.7 Å². The minimum absolute atomic E-state index is 0.00994. The van der Waals surface area contributed by atoms with Crippen LogP contribution in [0.3, 0.4) is 0 Å². The van der Waals surface area contributed by atoms with E-state index in [1.807, 2.05) is 46.0 Å². The van der Waals surface area contributed by atoms with Crippen LogP contribution in [0, 0.1) is 0 Å². The fourth-order valence-electron chi connectivity index (χ4n) is 4.18. The Hall–Kier alpha value is -3.30. The van der Waals surface area contributed by atoms with Gasteiger partial charge in [-0.15, -0.1) is 5.10 Å². The third-order valence-corrected chi connectivity index (χ3v) is 6.08. The first-order valence-corrected chi connectivity index (χ1v) is 10.8. The van der Waals surface area contributed by atoms with E-state index in [0.29, 0.717) is 38.5 Å². The number of rotatable bonds is 5. The summed E-state index contributed by atoms with van der Waals surface area (Å²) in [6.07, 6.45) is 1.60. The summed E-state index contributed by atoms with van der Waals surface area (Å²) in [6.45, 7) is 4.76. The van der Waals surface area contributed by atoms with Crippen molar-refractivity contribution in [1.82, 2.24) is 29.8 Å². The zero-order valence-electron chi connectivity index (χ0n) is 18.1. The normalized spacial score (nSPS) is 18.9. The van der Waals surface area contributed by atoms with Crippen molar-refractivity contribution in [3.05, 3.63) is 71.3 Å². The van der Waals surface area contributed by atoms with Gasteiger partial charge in [-0.1, -0.05) is 23.4 Å². The molecule has 9 nitrogen and oxygen atoms in total. The molecule has 3 aromatic rings. The van der Waals surface area contributed by atoms with E-state index >= 15 is 0 Å². The van der Waals surface area contributed by atoms with E-state index in [0.717, 1.165) is 35.8 Å². The molecule has 1 atom stereocenters. The first kappa shape index (κ1) is 20.6. The van der Waals surface area contributed by atoms with Gasteiger partial charge < -0.3 is 14.4 Å². The molecule has 1 saturated heterocycles. The van der Waals surface area contributed by atoms with Gasteiger partial charge in [-0.05, 0) is 29.8 Å². The molecule has 2 aliphatic rings. The molecule has 9 heteroatoms. The van der Waals surface area contributed by atoms with Crippen molar-refractivity contribution in [3.8, 4) is 5.75 Å². The average Bonchev–Trinajstić information content (AvgIpc) is 3.26. The van der Waals surface area contributed by atoms with Crippen molar-refractivity contribution >= 4 is 5.91 Å². The maximum Gasteiger partial charge on any atom is 0.272 e. The largest absolute Gasteiger partial charge is 0.497 e. The molecular formula is C23H26N6O3. The fourth-order valence-corrected chi connectivity index (χ4v) is 4.18. The van der Waals surface area contributed by atoms with Crippen molar-refractivity contribution in [3.63, 3.8) is 0 Å². The van der Waals surface area contributed by atoms with E-state index in [4.69, 9.17) is 9.47 Å². The van der Waals surface area contributed by atoms with Crippen molar-refractivity contribution in [1.29, 1.82) is 0 Å². The van der Waals surface area contributed by atoms with Gasteiger partial charge in [-0.2, -0.15) is 0 Å². The highest BCUT2D eigenvalue weighted by Crippen LogP contribution is 2.28. The van der Waals surface area contributed by atoms with E-state index in [2.05, 4.69) is 20.2 Å². The van der Waals surface area contributed by atoms with Crippen LogP contribution in [-0.2, 0) is 24.4 Å². The van der Waals surface area contributed by atoms with Crippen molar-refractivity contribution < 1.29 is 14.3 Å². The second-order valence-corrected chi connectivity index (χ2v) is 8.02. The Balaban J connectivity index is 1.18. The Morgan fingerprint density at radius 1 is 1.12 bits per heavy atom. The molecule has 5 rings (SSSR count). The molecule has 0 saturated carbocycles. The summed E-state index contributed by atoms with van der Waals surface area (Å²) < 4.78 is 13.3. The van der Waals surface area contributed by atoms with Gasteiger partial charge in [0.05, 0.1) is 26.0 Å². The Morgan fingerprint density at radius 3 is 2.66 bits per heavy atom. The summed E-state index contributed by atoms with van der Waals surface area (Å²) in [5, 5.41) is 8.81. The van der Waals surface area contributed by atoms with Crippen LogP contribution in [-0.4, -0.2) is 69.0 Å². The Morgan fingerprint density at radius 2 is 1.94 bits per heavy atom. The van der Waals surface area contributed by atoms with Crippen LogP contribution in [0.25, 0.3) is 0 Å². The van der Waals surface area contributed by atoms with Crippen LogP contribution in [0.1, 0.15) is 33.5 Å². The molecule has 166 valence electrons. The number of amides is 1. The van der Waals surface area contributed by atoms with E-state index < -0.39 is 0 Å². The zero-order valence-corrected chi connectivity index (χ0v) is 18.1. The number of benzene rings is 1. The number of ether oxygens (including phenoxy) is 2. The second-order valence-electron chi connectivity index (χ2n) is 8.02. The number of piperazine rings is 1. The summed E-state index contributed by atoms with van der Waals surface area (Å²) in [5.74, 6) is 0.819. The van der Waals surface area contributed by atoms with E-state index in [-0.39, 0.29) is 12.0 Å². The van der Waals surface area contributed by atoms with Gasteiger partial charge in [0.2, 0.25) is 0 Å². The lowest BCUT2D eigenvalue weighted by molar-refractivity contribution is -0.00223. The molecule has 32 heavy (non-hydrogen) atoms. The summed E-state index contributed by atoms with van der Waals surface area (Å²) in [7, 11) is 1.66. The molecule has 0 bridgehead atoms. The number of nitrogens with zero attached hydrogens (tertiary/aromatic N) is 6. The Bertz CT molecular complexity index is 1060. The monoisotopic (exact) mass is 434 g/mol. The maximum absolute atomic E-state index is 12.6. The quantitative estimate of drug-likeness (QED) is 0.606. The van der Waals surface area contributed by atoms with Crippen molar-refractivity contribution in [2.75, 3.05) is 33.3 Å². The molecule has 4 heterocycles. The SMILES string of the molecule is COc1ccc([C@@H]2Cn3nnc(CN4CCN(C(=O)c5ccccn5)CC4)c3CO2)cc1. The number of fused-ring (bicyclic) bond motifs is 1. The van der Waals surface area contributed by atoms with E-state index in [1.165, 1.54) is 0 Å². The molecular weight excluding hydrogens is 408 g/mol. The predicted octanol–water partition coefficient (Wildman–Crippen LogP) is 1.91. The minimum atomic E-state index is -0.0518. The van der Waals surface area contributed by atoms with Gasteiger partial charge in [0, 0.05) is 38.9 Å². The van der Waals surface area contributed by atoms with Gasteiger partial charge in [0.1, 0.15) is 23.2 Å². The van der Waals surface area contributed by atoms with Crippen LogP contribution in [0.5, 0.6) is 5.75 Å². The minimum Gasteiger partial charge on any atom is -0.497 e. The topological polar surface area (TPSA) is 85.6 Å². The standard InChI is InChI=1S/C23H26N6O3/c1-31-18-7-5-17(6-8-18)22-15-29-21(16-32-22)20(25-26-29)14-27-10-12-28(13-11-27)23(30)19-4-2-3-9-24-19/h2-9,22H,10-16H2,1H3/t22-/m0/s1. The lowest BCUT2D eigenvalue weighted by Gasteiger charge is -2.34. The summed E-state index contributed by atoms with van der Waals surface area (Å²) in [5.41, 5.74) is 3.57. The third kappa shape index (κ3) is 4.21. The molecule has 0 N–H and O–H groups in total. The number of carbonyl (C=O) groups is 1. The number of pyridine rings is 1. The van der Waals surface area contributed by atoms with Gasteiger partial charge in [0.25, 0.3) is 5.91 Å². The molecule has 1 amide bonds. The number of carbonyl (C=O) groups excluding carboxylic acids is 1. The fraction of sp³-hybridized carbons (Fsp3) is 0.391. The lowest BCUT2D eigenvalue weighted by atomic mass is 10.1. The maximum atomic E-state index is 12.6. The highest BCUT2D eigenvalue weighted by Gasteiger charge is 2.28. The molecule has 0 aliphatic carbocycles. The molecule has 1 fully saturated rings. The van der Waals surface area contributed by atoms with Crippen molar-refractivity contribution in [2.24, 2.45) is 0 Å². The average molecular weight is 435 g/mol. The molecule has 2 aromatic heterocycles. The zero-order chi connectivity index (χ0) is 21.9. The van der Waals surface area contributed by atoms with Crippen LogP contribution in [0.15, 0.2) is 48.7 Å². The molecule has 1 aromatic carbocycles. The van der Waals surface area contributed by atoms with E-state index in [9.17, 15) is 4.79 Å². The summed E-state index contributed by atoms with van der Waals surface area (Å²) in [4.78, 5) is 20.9.